The first kappa shape index (κ1) is 15.3. The number of aromatic nitrogens is 1. The Hall–Kier alpha value is -1.57. The molecule has 1 aliphatic rings. The van der Waals surface area contributed by atoms with E-state index in [0.717, 1.165) is 30.7 Å². The summed E-state index contributed by atoms with van der Waals surface area (Å²) in [5, 5.41) is 19.3. The molecule has 0 aliphatic carbocycles. The van der Waals surface area contributed by atoms with Gasteiger partial charge in [0.05, 0.1) is 5.39 Å². The van der Waals surface area contributed by atoms with Gasteiger partial charge in [0.1, 0.15) is 17.1 Å². The molecule has 0 amide bonds. The number of rotatable bonds is 6. The second-order valence-corrected chi connectivity index (χ2v) is 5.89. The van der Waals surface area contributed by atoms with E-state index in [2.05, 4.69) is 14.8 Å². The van der Waals surface area contributed by atoms with Crippen molar-refractivity contribution in [1.82, 2.24) is 9.88 Å². The van der Waals surface area contributed by atoms with Crippen molar-refractivity contribution in [3.8, 4) is 0 Å². The monoisotopic (exact) mass is 303 g/mol. The first-order valence-corrected chi connectivity index (χ1v) is 7.83. The summed E-state index contributed by atoms with van der Waals surface area (Å²) in [6.07, 6.45) is 5.41. The highest BCUT2D eigenvalue weighted by Gasteiger charge is 2.20. The molecule has 0 radical (unpaired) electrons. The van der Waals surface area contributed by atoms with Crippen LogP contribution in [0.1, 0.15) is 19.3 Å². The van der Waals surface area contributed by atoms with Gasteiger partial charge in [0.15, 0.2) is 0 Å². The average Bonchev–Trinajstić information content (AvgIpc) is 3.15. The van der Waals surface area contributed by atoms with E-state index >= 15 is 0 Å². The first-order chi connectivity index (χ1) is 10.6. The van der Waals surface area contributed by atoms with Crippen LogP contribution in [0.25, 0.3) is 11.0 Å². The molecule has 118 valence electrons. The fourth-order valence-electron chi connectivity index (χ4n) is 3.04. The maximum atomic E-state index is 9.24. The van der Waals surface area contributed by atoms with E-state index in [9.17, 15) is 10.0 Å². The van der Waals surface area contributed by atoms with Gasteiger partial charge in [-0.05, 0) is 51.0 Å². The van der Waals surface area contributed by atoms with Crippen LogP contribution < -0.4 is 10.6 Å². The van der Waals surface area contributed by atoms with Crippen LogP contribution in [0.2, 0.25) is 0 Å². The normalized spacial score (nSPS) is 15.6. The number of hydrogen-bond donors (Lipinski definition) is 2. The SMILES string of the molecule is CN(CCCN1CCCC1)c1nccc2oc(B(O)O)cc12. The third kappa shape index (κ3) is 3.26. The fraction of sp³-hybridized carbons (Fsp3) is 0.533. The molecule has 0 bridgehead atoms. The van der Waals surface area contributed by atoms with Crippen LogP contribution in [0.5, 0.6) is 0 Å². The maximum Gasteiger partial charge on any atom is 0.526 e. The Morgan fingerprint density at radius 3 is 2.86 bits per heavy atom. The zero-order valence-corrected chi connectivity index (χ0v) is 12.9. The molecule has 2 N–H and O–H groups in total. The molecule has 0 aromatic carbocycles. The highest BCUT2D eigenvalue weighted by Crippen LogP contribution is 2.24. The van der Waals surface area contributed by atoms with E-state index in [1.807, 2.05) is 7.05 Å². The lowest BCUT2D eigenvalue weighted by atomic mass is 9.88. The predicted molar refractivity (Wildman–Crippen MR) is 87.4 cm³/mol. The van der Waals surface area contributed by atoms with Gasteiger partial charge in [0.2, 0.25) is 0 Å². The summed E-state index contributed by atoms with van der Waals surface area (Å²) in [7, 11) is 0.411. The number of nitrogens with zero attached hydrogens (tertiary/aromatic N) is 3. The van der Waals surface area contributed by atoms with Crippen molar-refractivity contribution in [3.63, 3.8) is 0 Å². The number of furan rings is 1. The minimum absolute atomic E-state index is 0.148. The Bertz CT molecular complexity index is 626. The minimum atomic E-state index is -1.60. The van der Waals surface area contributed by atoms with Gasteiger partial charge in [-0.25, -0.2) is 4.98 Å². The second kappa shape index (κ2) is 6.68. The Labute approximate surface area is 130 Å². The standard InChI is InChI=1S/C15H22BN3O3/c1-18(7-4-10-19-8-2-3-9-19)15-12-11-14(16(20)21)22-13(12)5-6-17-15/h5-6,11,20-21H,2-4,7-10H2,1H3. The molecular weight excluding hydrogens is 281 g/mol. The molecule has 3 heterocycles. The number of pyridine rings is 1. The Balaban J connectivity index is 1.68. The Morgan fingerprint density at radius 1 is 1.36 bits per heavy atom. The number of fused-ring (bicyclic) bond motifs is 1. The molecule has 1 fully saturated rings. The Morgan fingerprint density at radius 2 is 2.14 bits per heavy atom. The third-order valence-corrected chi connectivity index (χ3v) is 4.23. The lowest BCUT2D eigenvalue weighted by molar-refractivity contribution is 0.335. The molecule has 3 rings (SSSR count). The van der Waals surface area contributed by atoms with Crippen LogP contribution in [0.15, 0.2) is 22.7 Å². The molecule has 1 aliphatic heterocycles. The van der Waals surface area contributed by atoms with E-state index in [1.165, 1.54) is 25.9 Å². The van der Waals surface area contributed by atoms with Gasteiger partial charge >= 0.3 is 7.12 Å². The highest BCUT2D eigenvalue weighted by atomic mass is 16.4. The minimum Gasteiger partial charge on any atom is -0.464 e. The van der Waals surface area contributed by atoms with Crippen molar-refractivity contribution < 1.29 is 14.5 Å². The quantitative estimate of drug-likeness (QED) is 0.754. The summed E-state index contributed by atoms with van der Waals surface area (Å²) >= 11 is 0. The van der Waals surface area contributed by atoms with E-state index < -0.39 is 7.12 Å². The molecule has 22 heavy (non-hydrogen) atoms. The highest BCUT2D eigenvalue weighted by molar-refractivity contribution is 6.57. The van der Waals surface area contributed by atoms with Gasteiger partial charge < -0.3 is 24.3 Å². The summed E-state index contributed by atoms with van der Waals surface area (Å²) in [4.78, 5) is 9.02. The molecule has 0 atom stereocenters. The summed E-state index contributed by atoms with van der Waals surface area (Å²) in [5.41, 5.74) is 0.772. The van der Waals surface area contributed by atoms with Crippen molar-refractivity contribution in [3.05, 3.63) is 18.3 Å². The van der Waals surface area contributed by atoms with Gasteiger partial charge in [-0.2, -0.15) is 0 Å². The van der Waals surface area contributed by atoms with Crippen LogP contribution in [0.3, 0.4) is 0 Å². The third-order valence-electron chi connectivity index (χ3n) is 4.23. The van der Waals surface area contributed by atoms with Gasteiger partial charge in [0.25, 0.3) is 0 Å². The van der Waals surface area contributed by atoms with E-state index in [0.29, 0.717) is 5.58 Å². The van der Waals surface area contributed by atoms with Gasteiger partial charge in [0, 0.05) is 19.8 Å². The zero-order chi connectivity index (χ0) is 15.5. The van der Waals surface area contributed by atoms with Gasteiger partial charge in [-0.3, -0.25) is 0 Å². The molecule has 0 spiro atoms. The van der Waals surface area contributed by atoms with Crippen LogP contribution in [0.4, 0.5) is 5.82 Å². The smallest absolute Gasteiger partial charge is 0.464 e. The molecule has 6 nitrogen and oxygen atoms in total. The van der Waals surface area contributed by atoms with Crippen LogP contribution in [0, 0.1) is 0 Å². The van der Waals surface area contributed by atoms with Crippen molar-refractivity contribution in [2.75, 3.05) is 38.1 Å². The van der Waals surface area contributed by atoms with Gasteiger partial charge in [-0.15, -0.1) is 0 Å². The van der Waals surface area contributed by atoms with Gasteiger partial charge in [-0.1, -0.05) is 0 Å². The lowest BCUT2D eigenvalue weighted by Crippen LogP contribution is -2.28. The van der Waals surface area contributed by atoms with Crippen molar-refractivity contribution >= 4 is 29.6 Å². The molecule has 0 unspecified atom stereocenters. The van der Waals surface area contributed by atoms with Crippen LogP contribution in [-0.2, 0) is 0 Å². The van der Waals surface area contributed by atoms with E-state index in [-0.39, 0.29) is 5.66 Å². The molecule has 2 aromatic rings. The average molecular weight is 303 g/mol. The lowest BCUT2D eigenvalue weighted by Gasteiger charge is -2.21. The molecule has 2 aromatic heterocycles. The maximum absolute atomic E-state index is 9.24. The molecular formula is C15H22BN3O3. The van der Waals surface area contributed by atoms with Crippen molar-refractivity contribution in [2.45, 2.75) is 19.3 Å². The topological polar surface area (TPSA) is 73.0 Å². The van der Waals surface area contributed by atoms with E-state index in [4.69, 9.17) is 4.42 Å². The predicted octanol–water partition coefficient (Wildman–Crippen LogP) is 0.430. The molecule has 7 heteroatoms. The fourth-order valence-corrected chi connectivity index (χ4v) is 3.04. The first-order valence-electron chi connectivity index (χ1n) is 7.83. The number of hydrogen-bond acceptors (Lipinski definition) is 6. The van der Waals surface area contributed by atoms with Crippen molar-refractivity contribution in [2.24, 2.45) is 0 Å². The summed E-state index contributed by atoms with van der Waals surface area (Å²) in [6, 6.07) is 3.39. The summed E-state index contributed by atoms with van der Waals surface area (Å²) < 4.78 is 5.43. The zero-order valence-electron chi connectivity index (χ0n) is 12.9. The van der Waals surface area contributed by atoms with Crippen LogP contribution >= 0.6 is 0 Å². The van der Waals surface area contributed by atoms with Crippen molar-refractivity contribution in [1.29, 1.82) is 0 Å². The Kier molecular flexibility index (Phi) is 4.66. The van der Waals surface area contributed by atoms with Crippen LogP contribution in [-0.4, -0.2) is 60.3 Å². The summed E-state index contributed by atoms with van der Waals surface area (Å²) in [5.74, 6) is 0.814. The summed E-state index contributed by atoms with van der Waals surface area (Å²) in [6.45, 7) is 4.46. The number of anilines is 1. The molecule has 1 saturated heterocycles. The second-order valence-electron chi connectivity index (χ2n) is 5.89. The molecule has 0 saturated carbocycles. The largest absolute Gasteiger partial charge is 0.526 e. The number of likely N-dealkylation sites (tertiary alicyclic amines) is 1. The van der Waals surface area contributed by atoms with E-state index in [1.54, 1.807) is 18.3 Å².